The number of nitrogens with one attached hydrogen (secondary N) is 1. The zero-order valence-electron chi connectivity index (χ0n) is 13.3. The minimum atomic E-state index is -0.409. The number of carbonyl (C=O) groups is 2. The third-order valence-electron chi connectivity index (χ3n) is 3.83. The number of carbonyl (C=O) groups excluding carboxylic acids is 2. The van der Waals surface area contributed by atoms with Gasteiger partial charge in [0.2, 0.25) is 0 Å². The maximum absolute atomic E-state index is 12.6. The largest absolute Gasteiger partial charge is 0.442 e. The van der Waals surface area contributed by atoms with Crippen LogP contribution in [0, 0.1) is 10.8 Å². The van der Waals surface area contributed by atoms with Gasteiger partial charge in [-0.05, 0) is 31.8 Å². The van der Waals surface area contributed by atoms with Gasteiger partial charge in [-0.1, -0.05) is 33.8 Å². The Morgan fingerprint density at radius 2 is 2.00 bits per heavy atom. The van der Waals surface area contributed by atoms with E-state index in [0.29, 0.717) is 12.2 Å². The summed E-state index contributed by atoms with van der Waals surface area (Å²) < 4.78 is 5.25. The topological polar surface area (TPSA) is 55.4 Å². The Balaban J connectivity index is 2.74. The highest BCUT2D eigenvalue weighted by molar-refractivity contribution is 5.89. The molecule has 1 aliphatic carbocycles. The van der Waals surface area contributed by atoms with Crippen molar-refractivity contribution in [2.75, 3.05) is 7.05 Å². The molecule has 0 aromatic carbocycles. The van der Waals surface area contributed by atoms with Crippen LogP contribution >= 0.6 is 0 Å². The lowest BCUT2D eigenvalue weighted by Gasteiger charge is -2.35. The van der Waals surface area contributed by atoms with Crippen molar-refractivity contribution >= 4 is 11.9 Å². The molecule has 1 N–H and O–H groups in total. The van der Waals surface area contributed by atoms with E-state index in [1.165, 1.54) is 0 Å². The molecule has 1 rings (SSSR count). The van der Waals surface area contributed by atoms with Crippen LogP contribution in [0.1, 0.15) is 53.4 Å². The number of ether oxygens (including phenoxy) is 1. The second-order valence-corrected chi connectivity index (χ2v) is 6.86. The van der Waals surface area contributed by atoms with Crippen molar-refractivity contribution in [2.24, 2.45) is 10.8 Å². The van der Waals surface area contributed by atoms with Gasteiger partial charge in [-0.2, -0.15) is 0 Å². The third-order valence-corrected chi connectivity index (χ3v) is 3.83. The van der Waals surface area contributed by atoms with E-state index in [9.17, 15) is 9.59 Å². The lowest BCUT2D eigenvalue weighted by atomic mass is 9.68. The first kappa shape index (κ1) is 16.7. The van der Waals surface area contributed by atoms with Crippen LogP contribution in [0.2, 0.25) is 0 Å². The minimum absolute atomic E-state index is 0.191. The van der Waals surface area contributed by atoms with E-state index in [2.05, 4.69) is 5.32 Å². The van der Waals surface area contributed by atoms with Crippen LogP contribution in [0.3, 0.4) is 0 Å². The fourth-order valence-electron chi connectivity index (χ4n) is 2.78. The first-order valence-corrected chi connectivity index (χ1v) is 7.29. The number of hydrogen-bond donors (Lipinski definition) is 1. The lowest BCUT2D eigenvalue weighted by molar-refractivity contribution is -0.136. The maximum atomic E-state index is 12.6. The normalized spacial score (nSPS) is 28.9. The summed E-state index contributed by atoms with van der Waals surface area (Å²) in [6, 6.07) is 0. The molecule has 0 bridgehead atoms. The summed E-state index contributed by atoms with van der Waals surface area (Å²) >= 11 is 0. The summed E-state index contributed by atoms with van der Waals surface area (Å²) in [6.07, 6.45) is 6.47. The van der Waals surface area contributed by atoms with Crippen LogP contribution in [-0.4, -0.2) is 25.0 Å². The molecular formula is C16H27NO3. The third kappa shape index (κ3) is 4.36. The number of ketones is 1. The number of hydrogen-bond acceptors (Lipinski definition) is 3. The fraction of sp³-hybridized carbons (Fsp3) is 0.750. The van der Waals surface area contributed by atoms with Gasteiger partial charge in [0.15, 0.2) is 0 Å². The monoisotopic (exact) mass is 281 g/mol. The van der Waals surface area contributed by atoms with Crippen LogP contribution in [0.25, 0.3) is 0 Å². The Bertz CT molecular complexity index is 395. The first-order chi connectivity index (χ1) is 9.19. The summed E-state index contributed by atoms with van der Waals surface area (Å²) in [5, 5.41) is 2.45. The molecule has 0 aromatic heterocycles. The molecule has 20 heavy (non-hydrogen) atoms. The quantitative estimate of drug-likeness (QED) is 0.789. The van der Waals surface area contributed by atoms with Crippen LogP contribution in [0.15, 0.2) is 12.2 Å². The van der Waals surface area contributed by atoms with E-state index in [1.54, 1.807) is 7.05 Å². The van der Waals surface area contributed by atoms with Crippen molar-refractivity contribution in [1.82, 2.24) is 5.32 Å². The molecule has 114 valence electrons. The van der Waals surface area contributed by atoms with Crippen molar-refractivity contribution < 1.29 is 14.3 Å². The first-order valence-electron chi connectivity index (χ1n) is 7.29. The average molecular weight is 281 g/mol. The van der Waals surface area contributed by atoms with E-state index in [4.69, 9.17) is 4.74 Å². The van der Waals surface area contributed by atoms with Crippen molar-refractivity contribution in [2.45, 2.75) is 59.5 Å². The highest BCUT2D eigenvalue weighted by Crippen LogP contribution is 2.38. The van der Waals surface area contributed by atoms with Gasteiger partial charge >= 0.3 is 6.09 Å². The molecule has 1 aliphatic rings. The second-order valence-electron chi connectivity index (χ2n) is 6.86. The summed E-state index contributed by atoms with van der Waals surface area (Å²) in [7, 11) is 1.55. The van der Waals surface area contributed by atoms with Gasteiger partial charge in [0.05, 0.1) is 0 Å². The van der Waals surface area contributed by atoms with E-state index in [1.807, 2.05) is 39.8 Å². The standard InChI is InChI=1S/C16H27NO3/c1-15(2,3)13(18)16(4)10-6-8-12(9-7-11-16)20-14(19)17-5/h6,8,12H,7,9-11H2,1-5H3,(H,17,19)/b8-6+/t12-,16+/m1/s1. The summed E-state index contributed by atoms with van der Waals surface area (Å²) in [4.78, 5) is 23.8. The number of rotatable bonds is 2. The average Bonchev–Trinajstić information content (AvgIpc) is 2.33. The predicted octanol–water partition coefficient (Wildman–Crippen LogP) is 3.46. The lowest BCUT2D eigenvalue weighted by Crippen LogP contribution is -2.37. The SMILES string of the molecule is CNC(=O)O[C@@H]1/C=C/C[C@](C)(C(=O)C(C)(C)C)CCC1. The van der Waals surface area contributed by atoms with Crippen molar-refractivity contribution in [3.05, 3.63) is 12.2 Å². The summed E-state index contributed by atoms with van der Waals surface area (Å²) in [6.45, 7) is 7.96. The number of allylic oxidation sites excluding steroid dienone is 1. The molecule has 0 aromatic rings. The molecule has 0 radical (unpaired) electrons. The zero-order chi connectivity index (χ0) is 15.4. The maximum Gasteiger partial charge on any atom is 0.407 e. The smallest absolute Gasteiger partial charge is 0.407 e. The summed E-state index contributed by atoms with van der Waals surface area (Å²) in [5.41, 5.74) is -0.632. The number of alkyl carbamates (subject to hydrolysis) is 1. The molecule has 0 saturated carbocycles. The van der Waals surface area contributed by atoms with Gasteiger partial charge in [0, 0.05) is 17.9 Å². The van der Waals surface area contributed by atoms with Crippen molar-refractivity contribution in [3.63, 3.8) is 0 Å². The molecule has 0 spiro atoms. The van der Waals surface area contributed by atoms with Gasteiger partial charge in [0.1, 0.15) is 11.9 Å². The Labute approximate surface area is 122 Å². The highest BCUT2D eigenvalue weighted by atomic mass is 16.6. The molecule has 0 unspecified atom stereocenters. The fourth-order valence-corrected chi connectivity index (χ4v) is 2.78. The second kappa shape index (κ2) is 6.42. The molecule has 0 fully saturated rings. The van der Waals surface area contributed by atoms with Crippen LogP contribution < -0.4 is 5.32 Å². The Kier molecular flexibility index (Phi) is 5.37. The Hall–Kier alpha value is -1.32. The molecular weight excluding hydrogens is 254 g/mol. The molecule has 0 aliphatic heterocycles. The molecule has 1 amide bonds. The van der Waals surface area contributed by atoms with E-state index in [-0.39, 0.29) is 16.9 Å². The van der Waals surface area contributed by atoms with Gasteiger partial charge in [-0.25, -0.2) is 4.79 Å². The number of Topliss-reactive ketones (excluding diaryl/α,β-unsaturated/α-hetero) is 1. The van der Waals surface area contributed by atoms with Gasteiger partial charge in [0.25, 0.3) is 0 Å². The van der Waals surface area contributed by atoms with Crippen molar-refractivity contribution in [3.8, 4) is 0 Å². The summed E-state index contributed by atoms with van der Waals surface area (Å²) in [5.74, 6) is 0.306. The van der Waals surface area contributed by atoms with Gasteiger partial charge < -0.3 is 10.1 Å². The minimum Gasteiger partial charge on any atom is -0.442 e. The van der Waals surface area contributed by atoms with E-state index >= 15 is 0 Å². The van der Waals surface area contributed by atoms with Crippen LogP contribution in [-0.2, 0) is 9.53 Å². The van der Waals surface area contributed by atoms with Gasteiger partial charge in [-0.15, -0.1) is 0 Å². The predicted molar refractivity (Wildman–Crippen MR) is 79.5 cm³/mol. The Morgan fingerprint density at radius 3 is 2.55 bits per heavy atom. The molecule has 4 heteroatoms. The van der Waals surface area contributed by atoms with E-state index < -0.39 is 6.09 Å². The number of amides is 1. The Morgan fingerprint density at radius 1 is 1.35 bits per heavy atom. The highest BCUT2D eigenvalue weighted by Gasteiger charge is 2.39. The van der Waals surface area contributed by atoms with E-state index in [0.717, 1.165) is 19.3 Å². The van der Waals surface area contributed by atoms with Crippen LogP contribution in [0.5, 0.6) is 0 Å². The molecule has 0 heterocycles. The van der Waals surface area contributed by atoms with Gasteiger partial charge in [-0.3, -0.25) is 4.79 Å². The molecule has 4 nitrogen and oxygen atoms in total. The van der Waals surface area contributed by atoms with Crippen molar-refractivity contribution in [1.29, 1.82) is 0 Å². The zero-order valence-corrected chi connectivity index (χ0v) is 13.3. The molecule has 0 saturated heterocycles. The van der Waals surface area contributed by atoms with Crippen LogP contribution in [0.4, 0.5) is 4.79 Å². The molecule has 2 atom stereocenters.